The highest BCUT2D eigenvalue weighted by atomic mass is 35.5. The van der Waals surface area contributed by atoms with Crippen molar-refractivity contribution in [2.45, 2.75) is 12.6 Å². The third-order valence-electron chi connectivity index (χ3n) is 5.87. The molecule has 3 aromatic rings. The molecule has 1 atom stereocenters. The van der Waals surface area contributed by atoms with Crippen molar-refractivity contribution in [1.29, 1.82) is 0 Å². The van der Waals surface area contributed by atoms with Gasteiger partial charge >= 0.3 is 0 Å². The summed E-state index contributed by atoms with van der Waals surface area (Å²) in [7, 11) is 4.26. The zero-order chi connectivity index (χ0) is 26.0. The molecule has 2 heterocycles. The number of hydrogen-bond acceptors (Lipinski definition) is 7. The maximum absolute atomic E-state index is 13.4. The van der Waals surface area contributed by atoms with Crippen LogP contribution in [0.4, 0.5) is 0 Å². The van der Waals surface area contributed by atoms with Gasteiger partial charge in [0.05, 0.1) is 50.1 Å². The van der Waals surface area contributed by atoms with Crippen LogP contribution in [0.2, 0.25) is 10.0 Å². The number of likely N-dealkylation sites (tertiary alicyclic amines) is 1. The summed E-state index contributed by atoms with van der Waals surface area (Å²) >= 11 is 12.7. The molecule has 8 nitrogen and oxygen atoms in total. The van der Waals surface area contributed by atoms with E-state index in [1.165, 1.54) is 38.5 Å². The van der Waals surface area contributed by atoms with Crippen LogP contribution in [0.5, 0.6) is 17.2 Å². The minimum Gasteiger partial charge on any atom is -0.507 e. The molecule has 0 spiro atoms. The number of Topliss-reactive ketones (excluding diaryl/α,β-unsaturated/α-hetero) is 1. The second-order valence-electron chi connectivity index (χ2n) is 7.81. The van der Waals surface area contributed by atoms with Crippen molar-refractivity contribution in [1.82, 2.24) is 9.88 Å². The summed E-state index contributed by atoms with van der Waals surface area (Å²) in [4.78, 5) is 32.2. The monoisotopic (exact) mass is 528 g/mol. The second kappa shape index (κ2) is 10.5. The van der Waals surface area contributed by atoms with E-state index >= 15 is 0 Å². The highest BCUT2D eigenvalue weighted by molar-refractivity contribution is 6.47. The first kappa shape index (κ1) is 25.3. The Hall–Kier alpha value is -3.75. The van der Waals surface area contributed by atoms with E-state index in [0.29, 0.717) is 16.9 Å². The molecule has 1 amide bonds. The van der Waals surface area contributed by atoms with Gasteiger partial charge in [0, 0.05) is 18.0 Å². The van der Waals surface area contributed by atoms with Crippen LogP contribution in [0.1, 0.15) is 22.7 Å². The number of aliphatic hydroxyl groups is 1. The zero-order valence-electron chi connectivity index (χ0n) is 19.6. The highest BCUT2D eigenvalue weighted by Crippen LogP contribution is 2.47. The molecule has 1 N–H and O–H groups in total. The smallest absolute Gasteiger partial charge is 0.295 e. The molecule has 1 aliphatic heterocycles. The van der Waals surface area contributed by atoms with Crippen LogP contribution in [0.3, 0.4) is 0 Å². The van der Waals surface area contributed by atoms with Crippen LogP contribution in [0.15, 0.2) is 60.4 Å². The Labute approximate surface area is 217 Å². The van der Waals surface area contributed by atoms with Crippen LogP contribution >= 0.6 is 23.2 Å². The Bertz CT molecular complexity index is 1360. The molecule has 186 valence electrons. The number of hydrogen-bond donors (Lipinski definition) is 1. The van der Waals surface area contributed by atoms with Gasteiger partial charge < -0.3 is 24.2 Å². The molecule has 1 fully saturated rings. The van der Waals surface area contributed by atoms with E-state index in [1.807, 2.05) is 0 Å². The van der Waals surface area contributed by atoms with Crippen LogP contribution in [-0.2, 0) is 16.1 Å². The van der Waals surface area contributed by atoms with Gasteiger partial charge in [-0.25, -0.2) is 0 Å². The molecule has 36 heavy (non-hydrogen) atoms. The third-order valence-corrected chi connectivity index (χ3v) is 6.49. The van der Waals surface area contributed by atoms with E-state index in [1.54, 1.807) is 42.6 Å². The van der Waals surface area contributed by atoms with Gasteiger partial charge in [-0.2, -0.15) is 0 Å². The van der Waals surface area contributed by atoms with Gasteiger partial charge in [0.1, 0.15) is 16.5 Å². The Morgan fingerprint density at radius 3 is 2.39 bits per heavy atom. The van der Waals surface area contributed by atoms with Crippen LogP contribution in [-0.4, -0.2) is 48.0 Å². The molecule has 2 aromatic carbocycles. The molecular formula is C26H22Cl2N2O6. The van der Waals surface area contributed by atoms with Crippen molar-refractivity contribution in [2.75, 3.05) is 21.3 Å². The van der Waals surface area contributed by atoms with E-state index in [4.69, 9.17) is 37.4 Å². The zero-order valence-corrected chi connectivity index (χ0v) is 21.1. The molecule has 1 aliphatic rings. The first-order chi connectivity index (χ1) is 17.3. The largest absolute Gasteiger partial charge is 0.507 e. The van der Waals surface area contributed by atoms with Gasteiger partial charge in [-0.05, 0) is 23.8 Å². The predicted molar refractivity (Wildman–Crippen MR) is 135 cm³/mol. The number of carbonyl (C=O) groups excluding carboxylic acids is 2. The minimum atomic E-state index is -0.951. The van der Waals surface area contributed by atoms with E-state index in [2.05, 4.69) is 4.98 Å². The summed E-state index contributed by atoms with van der Waals surface area (Å²) in [5.41, 5.74) is 1.10. The van der Waals surface area contributed by atoms with Crippen LogP contribution in [0, 0.1) is 0 Å². The number of carbonyl (C=O) groups is 2. The number of halogens is 2. The first-order valence-electron chi connectivity index (χ1n) is 10.7. The van der Waals surface area contributed by atoms with Gasteiger partial charge in [-0.1, -0.05) is 47.5 Å². The SMILES string of the molecule is COc1ccccc1CN1C(=O)C(=O)/C(=C(/O)c2cc(Cl)c(OC)c(Cl)c2OC)C1c1cccnc1. The summed E-state index contributed by atoms with van der Waals surface area (Å²) in [6.45, 7) is 0.0478. The summed E-state index contributed by atoms with van der Waals surface area (Å²) in [6, 6.07) is 11.0. The molecule has 1 aromatic heterocycles. The molecule has 0 aliphatic carbocycles. The van der Waals surface area contributed by atoms with E-state index < -0.39 is 23.5 Å². The second-order valence-corrected chi connectivity index (χ2v) is 8.60. The van der Waals surface area contributed by atoms with Gasteiger partial charge in [-0.3, -0.25) is 14.6 Å². The van der Waals surface area contributed by atoms with Crippen molar-refractivity contribution < 1.29 is 28.9 Å². The maximum Gasteiger partial charge on any atom is 0.295 e. The summed E-state index contributed by atoms with van der Waals surface area (Å²) in [6.07, 6.45) is 3.10. The molecule has 10 heteroatoms. The quantitative estimate of drug-likeness (QED) is 0.260. The summed E-state index contributed by atoms with van der Waals surface area (Å²) in [5, 5.41) is 11.5. The van der Waals surface area contributed by atoms with Gasteiger partial charge in [0.2, 0.25) is 0 Å². The Kier molecular flexibility index (Phi) is 7.37. The predicted octanol–water partition coefficient (Wildman–Crippen LogP) is 5.04. The van der Waals surface area contributed by atoms with Gasteiger partial charge in [-0.15, -0.1) is 0 Å². The maximum atomic E-state index is 13.4. The average molecular weight is 529 g/mol. The number of amides is 1. The van der Waals surface area contributed by atoms with E-state index in [0.717, 1.165) is 0 Å². The fraction of sp³-hybridized carbons (Fsp3) is 0.192. The Balaban J connectivity index is 1.94. The van der Waals surface area contributed by atoms with Crippen LogP contribution in [0.25, 0.3) is 5.76 Å². The summed E-state index contributed by atoms with van der Waals surface area (Å²) < 4.78 is 16.1. The number of aromatic nitrogens is 1. The highest BCUT2D eigenvalue weighted by Gasteiger charge is 2.47. The van der Waals surface area contributed by atoms with Crippen molar-refractivity contribution in [3.05, 3.63) is 87.2 Å². The van der Waals surface area contributed by atoms with Crippen molar-refractivity contribution >= 4 is 40.7 Å². The number of ketones is 1. The lowest BCUT2D eigenvalue weighted by molar-refractivity contribution is -0.140. The summed E-state index contributed by atoms with van der Waals surface area (Å²) in [5.74, 6) is -1.42. The van der Waals surface area contributed by atoms with E-state index in [-0.39, 0.29) is 39.2 Å². The topological polar surface area (TPSA) is 98.2 Å². The van der Waals surface area contributed by atoms with Crippen molar-refractivity contribution in [3.8, 4) is 17.2 Å². The number of pyridine rings is 1. The lowest BCUT2D eigenvalue weighted by Crippen LogP contribution is -2.29. The average Bonchev–Trinajstić information content (AvgIpc) is 3.14. The van der Waals surface area contributed by atoms with Gasteiger partial charge in [0.15, 0.2) is 11.5 Å². The Morgan fingerprint density at radius 1 is 1.03 bits per heavy atom. The first-order valence-corrected chi connectivity index (χ1v) is 11.5. The van der Waals surface area contributed by atoms with Crippen molar-refractivity contribution in [3.63, 3.8) is 0 Å². The Morgan fingerprint density at radius 2 is 1.75 bits per heavy atom. The number of methoxy groups -OCH3 is 3. The molecule has 1 saturated heterocycles. The standard InChI is InChI=1S/C26H22Cl2N2O6/c1-34-18-9-5-4-7-15(18)13-30-21(14-8-6-10-29-12-14)19(23(32)26(30)33)22(31)16-11-17(27)25(36-3)20(28)24(16)35-2/h4-12,21,31H,13H2,1-3H3/b22-19+. The normalized spacial score (nSPS) is 16.8. The fourth-order valence-corrected chi connectivity index (χ4v) is 4.92. The number of aliphatic hydroxyl groups excluding tert-OH is 1. The van der Waals surface area contributed by atoms with Crippen LogP contribution < -0.4 is 14.2 Å². The van der Waals surface area contributed by atoms with Crippen molar-refractivity contribution in [2.24, 2.45) is 0 Å². The molecule has 0 radical (unpaired) electrons. The molecule has 1 unspecified atom stereocenters. The number of benzene rings is 2. The lowest BCUT2D eigenvalue weighted by Gasteiger charge is -2.26. The number of ether oxygens (including phenoxy) is 3. The minimum absolute atomic E-state index is 0.00947. The molecule has 0 bridgehead atoms. The molecule has 0 saturated carbocycles. The number of para-hydroxylation sites is 1. The number of rotatable bonds is 7. The molecular weight excluding hydrogens is 507 g/mol. The molecule has 4 rings (SSSR count). The third kappa shape index (κ3) is 4.34. The van der Waals surface area contributed by atoms with E-state index in [9.17, 15) is 14.7 Å². The lowest BCUT2D eigenvalue weighted by atomic mass is 9.95. The fourth-order valence-electron chi connectivity index (χ4n) is 4.24. The van der Waals surface area contributed by atoms with Gasteiger partial charge in [0.25, 0.3) is 11.7 Å². The number of nitrogens with zero attached hydrogens (tertiary/aromatic N) is 2.